The molecule has 0 saturated carbocycles. The van der Waals surface area contributed by atoms with Crippen LogP contribution in [0.3, 0.4) is 0 Å². The van der Waals surface area contributed by atoms with E-state index in [-0.39, 0.29) is 5.91 Å². The molecule has 2 heterocycles. The summed E-state index contributed by atoms with van der Waals surface area (Å²) in [7, 11) is 0. The van der Waals surface area contributed by atoms with Crippen molar-refractivity contribution in [2.24, 2.45) is 0 Å². The smallest absolute Gasteiger partial charge is 0.246 e. The molecule has 0 aliphatic rings. The number of aromatic nitrogens is 4. The average molecular weight is 357 g/mol. The van der Waals surface area contributed by atoms with Crippen molar-refractivity contribution >= 4 is 28.4 Å². The second kappa shape index (κ2) is 7.37. The molecule has 2 aromatic heterocycles. The first-order valence-corrected chi connectivity index (χ1v) is 8.86. The van der Waals surface area contributed by atoms with E-state index < -0.39 is 0 Å². The lowest BCUT2D eigenvalue weighted by molar-refractivity contribution is -0.126. The third-order valence-electron chi connectivity index (χ3n) is 4.46. The minimum absolute atomic E-state index is 0.0705. The van der Waals surface area contributed by atoms with Crippen LogP contribution in [0.5, 0.6) is 0 Å². The van der Waals surface area contributed by atoms with Gasteiger partial charge < -0.3 is 4.90 Å². The van der Waals surface area contributed by atoms with E-state index in [1.54, 1.807) is 21.7 Å². The van der Waals surface area contributed by atoms with E-state index in [4.69, 9.17) is 0 Å². The van der Waals surface area contributed by atoms with Crippen LogP contribution in [-0.2, 0) is 11.3 Å². The van der Waals surface area contributed by atoms with E-state index in [0.29, 0.717) is 24.6 Å². The lowest BCUT2D eigenvalue weighted by Gasteiger charge is -2.19. The summed E-state index contributed by atoms with van der Waals surface area (Å²) in [6.45, 7) is 3.17. The molecule has 134 valence electrons. The summed E-state index contributed by atoms with van der Waals surface area (Å²) in [5.74, 6) is 0.457. The number of rotatable bonds is 5. The summed E-state index contributed by atoms with van der Waals surface area (Å²) >= 11 is 0. The predicted molar refractivity (Wildman–Crippen MR) is 105 cm³/mol. The van der Waals surface area contributed by atoms with Crippen molar-refractivity contribution in [2.75, 3.05) is 6.54 Å². The number of hydrogen-bond acceptors (Lipinski definition) is 4. The first-order chi connectivity index (χ1) is 13.3. The number of fused-ring (bicyclic) bond motifs is 3. The van der Waals surface area contributed by atoms with Crippen molar-refractivity contribution in [3.63, 3.8) is 0 Å². The van der Waals surface area contributed by atoms with E-state index in [1.165, 1.54) is 6.08 Å². The van der Waals surface area contributed by atoms with Gasteiger partial charge in [0.15, 0.2) is 11.5 Å². The fraction of sp³-hybridized carbons (Fsp3) is 0.143. The number of likely N-dealkylation sites (N-methyl/N-ethyl adjacent to an activating group) is 1. The lowest BCUT2D eigenvalue weighted by atomic mass is 10.2. The number of amides is 1. The van der Waals surface area contributed by atoms with Gasteiger partial charge in [0.05, 0.1) is 6.20 Å². The Balaban J connectivity index is 1.58. The van der Waals surface area contributed by atoms with E-state index in [2.05, 4.69) is 15.3 Å². The van der Waals surface area contributed by atoms with Crippen LogP contribution in [0.2, 0.25) is 0 Å². The van der Waals surface area contributed by atoms with Crippen molar-refractivity contribution in [1.29, 1.82) is 0 Å². The summed E-state index contributed by atoms with van der Waals surface area (Å²) in [6.07, 6.45) is 4.97. The second-order valence-electron chi connectivity index (χ2n) is 6.20. The normalized spacial score (nSPS) is 11.4. The molecule has 0 radical (unpaired) electrons. The molecule has 0 spiro atoms. The maximum Gasteiger partial charge on any atom is 0.246 e. The summed E-state index contributed by atoms with van der Waals surface area (Å²) in [5.41, 5.74) is 1.78. The Morgan fingerprint density at radius 2 is 1.85 bits per heavy atom. The molecule has 6 nitrogen and oxygen atoms in total. The van der Waals surface area contributed by atoms with Gasteiger partial charge in [-0.05, 0) is 18.6 Å². The third-order valence-corrected chi connectivity index (χ3v) is 4.46. The SMILES string of the molecule is CCN(Cc1ccccc1)C(=O)C=Cc1nnc2c3ccccc3cnn12. The molecule has 4 aromatic rings. The Morgan fingerprint density at radius 1 is 1.07 bits per heavy atom. The van der Waals surface area contributed by atoms with Crippen LogP contribution in [0.15, 0.2) is 66.9 Å². The van der Waals surface area contributed by atoms with Crippen LogP contribution in [-0.4, -0.2) is 37.2 Å². The second-order valence-corrected chi connectivity index (χ2v) is 6.20. The quantitative estimate of drug-likeness (QED) is 0.514. The molecule has 27 heavy (non-hydrogen) atoms. The van der Waals surface area contributed by atoms with Gasteiger partial charge in [-0.2, -0.15) is 9.61 Å². The molecule has 2 aromatic carbocycles. The Bertz CT molecular complexity index is 1120. The minimum atomic E-state index is -0.0705. The molecular weight excluding hydrogens is 338 g/mol. The summed E-state index contributed by atoms with van der Waals surface area (Å²) in [4.78, 5) is 14.4. The van der Waals surface area contributed by atoms with Crippen LogP contribution in [0.25, 0.3) is 22.5 Å². The van der Waals surface area contributed by atoms with Crippen LogP contribution in [0, 0.1) is 0 Å². The van der Waals surface area contributed by atoms with Crippen LogP contribution in [0.1, 0.15) is 18.3 Å². The first kappa shape index (κ1) is 16.9. The zero-order valence-corrected chi connectivity index (χ0v) is 15.0. The Kier molecular flexibility index (Phi) is 4.61. The van der Waals surface area contributed by atoms with Gasteiger partial charge in [0.2, 0.25) is 5.91 Å². The molecule has 6 heteroatoms. The zero-order chi connectivity index (χ0) is 18.6. The van der Waals surface area contributed by atoms with E-state index in [0.717, 1.165) is 16.3 Å². The summed E-state index contributed by atoms with van der Waals surface area (Å²) in [5, 5.41) is 14.8. The number of carbonyl (C=O) groups is 1. The Hall–Kier alpha value is -3.54. The summed E-state index contributed by atoms with van der Waals surface area (Å²) < 4.78 is 1.65. The largest absolute Gasteiger partial charge is 0.335 e. The van der Waals surface area contributed by atoms with Gasteiger partial charge >= 0.3 is 0 Å². The van der Waals surface area contributed by atoms with Gasteiger partial charge in [-0.15, -0.1) is 10.2 Å². The molecule has 0 bridgehead atoms. The standard InChI is InChI=1S/C21H19N5O/c1-2-25(15-16-8-4-3-5-9-16)20(27)13-12-19-23-24-21-18-11-7-6-10-17(18)14-22-26(19)21/h3-14H,2,15H2,1H3. The fourth-order valence-electron chi connectivity index (χ4n) is 3.01. The fourth-order valence-corrected chi connectivity index (χ4v) is 3.01. The molecule has 0 unspecified atom stereocenters. The molecule has 4 rings (SSSR count). The van der Waals surface area contributed by atoms with Gasteiger partial charge in [-0.25, -0.2) is 0 Å². The van der Waals surface area contributed by atoms with Gasteiger partial charge in [0.1, 0.15) is 0 Å². The molecule has 0 atom stereocenters. The van der Waals surface area contributed by atoms with Gasteiger partial charge in [0, 0.05) is 29.9 Å². The Labute approximate surface area is 156 Å². The van der Waals surface area contributed by atoms with Crippen molar-refractivity contribution in [2.45, 2.75) is 13.5 Å². The molecule has 0 aliphatic carbocycles. The highest BCUT2D eigenvalue weighted by molar-refractivity contribution is 5.94. The lowest BCUT2D eigenvalue weighted by Crippen LogP contribution is -2.28. The maximum atomic E-state index is 12.6. The third kappa shape index (κ3) is 3.42. The molecule has 0 saturated heterocycles. The van der Waals surface area contributed by atoms with Crippen molar-refractivity contribution in [3.8, 4) is 0 Å². The highest BCUT2D eigenvalue weighted by Crippen LogP contribution is 2.17. The van der Waals surface area contributed by atoms with Gasteiger partial charge in [0.25, 0.3) is 0 Å². The monoisotopic (exact) mass is 357 g/mol. The Morgan fingerprint density at radius 3 is 2.67 bits per heavy atom. The topological polar surface area (TPSA) is 63.4 Å². The number of nitrogens with zero attached hydrogens (tertiary/aromatic N) is 5. The van der Waals surface area contributed by atoms with E-state index in [9.17, 15) is 4.79 Å². The maximum absolute atomic E-state index is 12.6. The molecular formula is C21H19N5O. The van der Waals surface area contributed by atoms with Crippen molar-refractivity contribution in [1.82, 2.24) is 24.7 Å². The van der Waals surface area contributed by atoms with Crippen molar-refractivity contribution < 1.29 is 4.79 Å². The highest BCUT2D eigenvalue weighted by Gasteiger charge is 2.11. The minimum Gasteiger partial charge on any atom is -0.335 e. The number of benzene rings is 2. The molecule has 1 amide bonds. The zero-order valence-electron chi connectivity index (χ0n) is 15.0. The van der Waals surface area contributed by atoms with Gasteiger partial charge in [-0.3, -0.25) is 4.79 Å². The molecule has 0 fully saturated rings. The highest BCUT2D eigenvalue weighted by atomic mass is 16.2. The van der Waals surface area contributed by atoms with Crippen molar-refractivity contribution in [3.05, 3.63) is 78.3 Å². The molecule has 0 N–H and O–H groups in total. The van der Waals surface area contributed by atoms with Crippen LogP contribution < -0.4 is 0 Å². The number of carbonyl (C=O) groups excluding carboxylic acids is 1. The average Bonchev–Trinajstić information content (AvgIpc) is 3.14. The van der Waals surface area contributed by atoms with Crippen LogP contribution in [0.4, 0.5) is 0 Å². The van der Waals surface area contributed by atoms with E-state index in [1.807, 2.05) is 61.5 Å². The van der Waals surface area contributed by atoms with Crippen LogP contribution >= 0.6 is 0 Å². The first-order valence-electron chi connectivity index (χ1n) is 8.86. The molecule has 0 aliphatic heterocycles. The summed E-state index contributed by atoms with van der Waals surface area (Å²) in [6, 6.07) is 17.8. The van der Waals surface area contributed by atoms with E-state index >= 15 is 0 Å². The predicted octanol–water partition coefficient (Wildman–Crippen LogP) is 3.34. The number of hydrogen-bond donors (Lipinski definition) is 0. The van der Waals surface area contributed by atoms with Gasteiger partial charge in [-0.1, -0.05) is 54.6 Å².